The van der Waals surface area contributed by atoms with Crippen LogP contribution in [-0.2, 0) is 14.4 Å². The number of nitrogens with one attached hydrogen (secondary N) is 3. The second-order valence-electron chi connectivity index (χ2n) is 2.90. The summed E-state index contributed by atoms with van der Waals surface area (Å²) in [4.78, 5) is 32.5. The van der Waals surface area contributed by atoms with Crippen LogP contribution < -0.4 is 16.4 Å². The van der Waals surface area contributed by atoms with Gasteiger partial charge < -0.3 is 5.11 Å². The van der Waals surface area contributed by atoms with Gasteiger partial charge in [0.15, 0.2) is 5.60 Å². The van der Waals surface area contributed by atoms with E-state index >= 15 is 0 Å². The van der Waals surface area contributed by atoms with Gasteiger partial charge in [-0.15, -0.1) is 0 Å². The molecule has 0 atom stereocenters. The maximum atomic E-state index is 11.0. The van der Waals surface area contributed by atoms with E-state index in [1.54, 1.807) is 0 Å². The average molecular weight is 237 g/mol. The molecule has 0 aromatic rings. The van der Waals surface area contributed by atoms with Gasteiger partial charge in [0.2, 0.25) is 11.8 Å². The quantitative estimate of drug-likeness (QED) is 0.197. The zero-order valence-corrected chi connectivity index (χ0v) is 7.93. The Hall–Kier alpha value is -1.75. The summed E-state index contributed by atoms with van der Waals surface area (Å²) in [6.07, 6.45) is -1.97. The first-order chi connectivity index (χ1) is 7.39. The van der Waals surface area contributed by atoms with E-state index in [9.17, 15) is 19.5 Å². The van der Waals surface area contributed by atoms with Crippen molar-refractivity contribution in [3.8, 4) is 0 Å². The number of hydrogen-bond acceptors (Lipinski definition) is 7. The predicted octanol–water partition coefficient (Wildman–Crippen LogP) is -2.99. The van der Waals surface area contributed by atoms with Crippen LogP contribution in [0.5, 0.6) is 0 Å². The van der Waals surface area contributed by atoms with Gasteiger partial charge >= 0.3 is 0 Å². The Labute approximate surface area is 88.7 Å². The summed E-state index contributed by atoms with van der Waals surface area (Å²) >= 11 is 0. The highest BCUT2D eigenvalue weighted by Crippen LogP contribution is 2.15. The van der Waals surface area contributed by atoms with Crippen molar-refractivity contribution in [2.75, 3.05) is 0 Å². The smallest absolute Gasteiger partial charge is 0.276 e. The van der Waals surface area contributed by atoms with Crippen LogP contribution in [0.3, 0.4) is 0 Å². The van der Waals surface area contributed by atoms with E-state index in [1.807, 2.05) is 0 Å². The predicted molar refractivity (Wildman–Crippen MR) is 44.0 cm³/mol. The Morgan fingerprint density at radius 3 is 1.50 bits per heavy atom. The molecular formula is C6H11N3O7. The number of aliphatic hydroxyl groups is 1. The summed E-state index contributed by atoms with van der Waals surface area (Å²) in [5, 5.41) is 34.2. The summed E-state index contributed by atoms with van der Waals surface area (Å²) in [7, 11) is 0. The standard InChI is InChI=1S/C6H11N3O7/c10-3(7-14)1-6(13,5(12)9-16)2-4(11)8-15/h13-16H,1-2H2,(H,7,10)(H,8,11)(H,9,12). The fraction of sp³-hybridized carbons (Fsp3) is 0.500. The van der Waals surface area contributed by atoms with Gasteiger partial charge in [0, 0.05) is 0 Å². The number of carbonyl (C=O) groups is 3. The molecule has 7 N–H and O–H groups in total. The van der Waals surface area contributed by atoms with Crippen LogP contribution in [-0.4, -0.2) is 44.1 Å². The van der Waals surface area contributed by atoms with Gasteiger partial charge in [-0.3, -0.25) is 30.0 Å². The van der Waals surface area contributed by atoms with Crippen molar-refractivity contribution in [1.82, 2.24) is 16.4 Å². The molecule has 10 nitrogen and oxygen atoms in total. The van der Waals surface area contributed by atoms with Crippen molar-refractivity contribution in [2.45, 2.75) is 18.4 Å². The van der Waals surface area contributed by atoms with Gasteiger partial charge in [0.05, 0.1) is 12.8 Å². The van der Waals surface area contributed by atoms with Gasteiger partial charge in [0.1, 0.15) is 0 Å². The Balaban J connectivity index is 4.81. The topological polar surface area (TPSA) is 168 Å². The second kappa shape index (κ2) is 5.97. The molecule has 3 amide bonds. The third-order valence-corrected chi connectivity index (χ3v) is 1.68. The molecule has 0 fully saturated rings. The van der Waals surface area contributed by atoms with Crippen LogP contribution in [0.4, 0.5) is 0 Å². The molecule has 0 aliphatic carbocycles. The monoisotopic (exact) mass is 237 g/mol. The fourth-order valence-corrected chi connectivity index (χ4v) is 0.937. The molecule has 0 spiro atoms. The lowest BCUT2D eigenvalue weighted by Gasteiger charge is -2.23. The molecule has 0 aliphatic rings. The van der Waals surface area contributed by atoms with Gasteiger partial charge in [-0.05, 0) is 0 Å². The normalized spacial score (nSPS) is 10.5. The molecule has 0 radical (unpaired) electrons. The highest BCUT2D eigenvalue weighted by molar-refractivity contribution is 5.94. The van der Waals surface area contributed by atoms with Crippen LogP contribution in [0.25, 0.3) is 0 Å². The molecule has 0 unspecified atom stereocenters. The molecule has 0 heterocycles. The first-order valence-corrected chi connectivity index (χ1v) is 3.92. The van der Waals surface area contributed by atoms with Crippen molar-refractivity contribution >= 4 is 17.7 Å². The van der Waals surface area contributed by atoms with Crippen molar-refractivity contribution < 1.29 is 35.1 Å². The SMILES string of the molecule is O=C(CC(O)(CC(=O)NO)C(=O)NO)NO. The molecule has 0 aromatic carbocycles. The number of carbonyl (C=O) groups excluding carboxylic acids is 3. The first-order valence-electron chi connectivity index (χ1n) is 3.92. The molecular weight excluding hydrogens is 226 g/mol. The third-order valence-electron chi connectivity index (χ3n) is 1.68. The summed E-state index contributed by atoms with van der Waals surface area (Å²) in [5.41, 5.74) is 0.736. The maximum absolute atomic E-state index is 11.0. The molecule has 10 heteroatoms. The molecule has 0 aromatic heterocycles. The summed E-state index contributed by atoms with van der Waals surface area (Å²) in [6, 6.07) is 0. The highest BCUT2D eigenvalue weighted by Gasteiger charge is 2.40. The molecule has 0 bridgehead atoms. The summed E-state index contributed by atoms with van der Waals surface area (Å²) in [6.45, 7) is 0. The summed E-state index contributed by atoms with van der Waals surface area (Å²) < 4.78 is 0. The van der Waals surface area contributed by atoms with Crippen LogP contribution in [0.1, 0.15) is 12.8 Å². The van der Waals surface area contributed by atoms with Crippen LogP contribution in [0.15, 0.2) is 0 Å². The molecule has 92 valence electrons. The Morgan fingerprint density at radius 2 is 1.25 bits per heavy atom. The van der Waals surface area contributed by atoms with E-state index < -0.39 is 36.2 Å². The van der Waals surface area contributed by atoms with Gasteiger partial charge in [-0.25, -0.2) is 16.4 Å². The van der Waals surface area contributed by atoms with Crippen molar-refractivity contribution in [3.05, 3.63) is 0 Å². The lowest BCUT2D eigenvalue weighted by Crippen LogP contribution is -2.51. The van der Waals surface area contributed by atoms with Crippen molar-refractivity contribution in [1.29, 1.82) is 0 Å². The zero-order valence-electron chi connectivity index (χ0n) is 7.93. The lowest BCUT2D eigenvalue weighted by molar-refractivity contribution is -0.159. The van der Waals surface area contributed by atoms with E-state index in [-0.39, 0.29) is 0 Å². The largest absolute Gasteiger partial charge is 0.379 e. The molecule has 0 saturated carbocycles. The maximum Gasteiger partial charge on any atom is 0.276 e. The van der Waals surface area contributed by atoms with Gasteiger partial charge in [-0.1, -0.05) is 0 Å². The Bertz CT molecular complexity index is 274. The minimum absolute atomic E-state index is 0.983. The van der Waals surface area contributed by atoms with Crippen LogP contribution >= 0.6 is 0 Å². The minimum Gasteiger partial charge on any atom is -0.379 e. The number of hydroxylamine groups is 3. The Kier molecular flexibility index (Phi) is 5.32. The second-order valence-corrected chi connectivity index (χ2v) is 2.90. The van der Waals surface area contributed by atoms with Gasteiger partial charge in [0.25, 0.3) is 5.91 Å². The van der Waals surface area contributed by atoms with E-state index in [0.717, 1.165) is 16.4 Å². The average Bonchev–Trinajstić information content (AvgIpc) is 2.27. The van der Waals surface area contributed by atoms with E-state index in [2.05, 4.69) is 0 Å². The van der Waals surface area contributed by atoms with Crippen molar-refractivity contribution in [2.24, 2.45) is 0 Å². The fourth-order valence-electron chi connectivity index (χ4n) is 0.937. The Morgan fingerprint density at radius 1 is 0.875 bits per heavy atom. The number of hydrogen-bond donors (Lipinski definition) is 7. The van der Waals surface area contributed by atoms with Crippen LogP contribution in [0, 0.1) is 0 Å². The van der Waals surface area contributed by atoms with Gasteiger partial charge in [-0.2, -0.15) is 0 Å². The minimum atomic E-state index is -2.59. The number of rotatable bonds is 5. The summed E-state index contributed by atoms with van der Waals surface area (Å²) in [5.74, 6) is -3.74. The third kappa shape index (κ3) is 3.78. The van der Waals surface area contributed by atoms with E-state index in [1.165, 1.54) is 0 Å². The number of amides is 3. The van der Waals surface area contributed by atoms with E-state index in [4.69, 9.17) is 15.6 Å². The zero-order chi connectivity index (χ0) is 12.8. The van der Waals surface area contributed by atoms with E-state index in [0.29, 0.717) is 0 Å². The molecule has 0 aliphatic heterocycles. The highest BCUT2D eigenvalue weighted by atomic mass is 16.5. The van der Waals surface area contributed by atoms with Crippen molar-refractivity contribution in [3.63, 3.8) is 0 Å². The molecule has 16 heavy (non-hydrogen) atoms. The molecule has 0 saturated heterocycles. The first kappa shape index (κ1) is 14.2. The van der Waals surface area contributed by atoms with Crippen LogP contribution in [0.2, 0.25) is 0 Å². The lowest BCUT2D eigenvalue weighted by atomic mass is 9.94. The molecule has 0 rings (SSSR count).